The smallest absolute Gasteiger partial charge is 0.287 e. The topological polar surface area (TPSA) is 59.1 Å². The van der Waals surface area contributed by atoms with Crippen molar-refractivity contribution in [1.82, 2.24) is 10.3 Å². The van der Waals surface area contributed by atoms with Crippen LogP contribution < -0.4 is 5.32 Å². The summed E-state index contributed by atoms with van der Waals surface area (Å²) in [5.74, 6) is -9.76. The second kappa shape index (κ2) is 4.67. The van der Waals surface area contributed by atoms with Crippen LogP contribution in [0.25, 0.3) is 0 Å². The van der Waals surface area contributed by atoms with Gasteiger partial charge >= 0.3 is 18.0 Å². The van der Waals surface area contributed by atoms with Crippen molar-refractivity contribution >= 4 is 11.8 Å². The summed E-state index contributed by atoms with van der Waals surface area (Å²) >= 11 is 0. The molecule has 0 fully saturated rings. The van der Waals surface area contributed by atoms with E-state index in [0.717, 1.165) is 17.6 Å². The first-order chi connectivity index (χ1) is 8.16. The van der Waals surface area contributed by atoms with E-state index in [2.05, 4.69) is 4.98 Å². The second-order valence-electron chi connectivity index (χ2n) is 3.10. The molecule has 1 rings (SSSR count). The standard InChI is InChI=1S/C9H5F5N2O2/c10-8(11,9(12,13)14)7(18)16-6(17)5-2-1-3-15-4-5/h1-4H,(H,16,17,18). The van der Waals surface area contributed by atoms with Crippen molar-refractivity contribution < 1.29 is 31.5 Å². The summed E-state index contributed by atoms with van der Waals surface area (Å²) in [4.78, 5) is 25.3. The SMILES string of the molecule is O=C(NC(=O)C(F)(F)C(F)(F)F)c1cccnc1. The highest BCUT2D eigenvalue weighted by molar-refractivity contribution is 6.06. The summed E-state index contributed by atoms with van der Waals surface area (Å²) in [5, 5.41) is 0.955. The van der Waals surface area contributed by atoms with Gasteiger partial charge < -0.3 is 0 Å². The lowest BCUT2D eigenvalue weighted by Crippen LogP contribution is -2.51. The molecule has 2 amide bonds. The van der Waals surface area contributed by atoms with Crippen LogP contribution in [0, 0.1) is 0 Å². The van der Waals surface area contributed by atoms with Gasteiger partial charge in [-0.2, -0.15) is 22.0 Å². The van der Waals surface area contributed by atoms with Crippen LogP contribution in [-0.2, 0) is 4.79 Å². The highest BCUT2D eigenvalue weighted by atomic mass is 19.4. The Kier molecular flexibility index (Phi) is 3.63. The zero-order chi connectivity index (χ0) is 14.0. The van der Waals surface area contributed by atoms with Gasteiger partial charge in [0.05, 0.1) is 5.56 Å². The molecule has 1 heterocycles. The Bertz CT molecular complexity index is 458. The molecule has 1 N–H and O–H groups in total. The van der Waals surface area contributed by atoms with Gasteiger partial charge in [0.2, 0.25) is 0 Å². The van der Waals surface area contributed by atoms with Crippen molar-refractivity contribution in [3.8, 4) is 0 Å². The minimum absolute atomic E-state index is 0.316. The molecule has 0 saturated heterocycles. The number of halogens is 5. The van der Waals surface area contributed by atoms with Crippen LogP contribution >= 0.6 is 0 Å². The highest BCUT2D eigenvalue weighted by Crippen LogP contribution is 2.35. The van der Waals surface area contributed by atoms with Crippen LogP contribution in [0.1, 0.15) is 10.4 Å². The molecule has 0 aromatic carbocycles. The van der Waals surface area contributed by atoms with Crippen LogP contribution in [-0.4, -0.2) is 28.9 Å². The van der Waals surface area contributed by atoms with Crippen LogP contribution in [0.3, 0.4) is 0 Å². The first-order valence-electron chi connectivity index (χ1n) is 4.36. The van der Waals surface area contributed by atoms with E-state index in [1.165, 1.54) is 12.3 Å². The summed E-state index contributed by atoms with van der Waals surface area (Å²) in [6, 6.07) is 2.35. The average molecular weight is 268 g/mol. The zero-order valence-corrected chi connectivity index (χ0v) is 8.46. The van der Waals surface area contributed by atoms with Gasteiger partial charge in [0.25, 0.3) is 5.91 Å². The second-order valence-corrected chi connectivity index (χ2v) is 3.10. The third kappa shape index (κ3) is 2.79. The molecule has 1 aromatic heterocycles. The average Bonchev–Trinajstić information content (AvgIpc) is 2.28. The minimum atomic E-state index is -6.06. The van der Waals surface area contributed by atoms with E-state index in [9.17, 15) is 31.5 Å². The number of pyridine rings is 1. The lowest BCUT2D eigenvalue weighted by molar-refractivity contribution is -0.269. The van der Waals surface area contributed by atoms with Crippen molar-refractivity contribution in [3.63, 3.8) is 0 Å². The number of nitrogens with zero attached hydrogens (tertiary/aromatic N) is 1. The lowest BCUT2D eigenvalue weighted by atomic mass is 10.2. The molecule has 0 saturated carbocycles. The summed E-state index contributed by atoms with van der Waals surface area (Å²) in [5.41, 5.74) is -0.316. The van der Waals surface area contributed by atoms with Gasteiger partial charge in [-0.1, -0.05) is 0 Å². The third-order valence-corrected chi connectivity index (χ3v) is 1.79. The molecule has 4 nitrogen and oxygen atoms in total. The van der Waals surface area contributed by atoms with E-state index < -0.39 is 23.9 Å². The van der Waals surface area contributed by atoms with Gasteiger partial charge in [0, 0.05) is 12.4 Å². The van der Waals surface area contributed by atoms with Crippen LogP contribution in [0.4, 0.5) is 22.0 Å². The molecule has 0 aliphatic carbocycles. The van der Waals surface area contributed by atoms with Crippen molar-refractivity contribution in [3.05, 3.63) is 30.1 Å². The number of carbonyl (C=O) groups excluding carboxylic acids is 2. The number of aromatic nitrogens is 1. The van der Waals surface area contributed by atoms with Gasteiger partial charge in [-0.05, 0) is 12.1 Å². The number of rotatable bonds is 2. The van der Waals surface area contributed by atoms with E-state index in [1.54, 1.807) is 0 Å². The first kappa shape index (κ1) is 14.0. The summed E-state index contributed by atoms with van der Waals surface area (Å²) in [6.07, 6.45) is -3.90. The quantitative estimate of drug-likeness (QED) is 0.827. The van der Waals surface area contributed by atoms with Gasteiger partial charge in [0.1, 0.15) is 0 Å². The number of hydrogen-bond donors (Lipinski definition) is 1. The normalized spacial score (nSPS) is 12.1. The number of nitrogens with one attached hydrogen (secondary N) is 1. The predicted octanol–water partition coefficient (Wildman–Crippen LogP) is 1.54. The van der Waals surface area contributed by atoms with E-state index in [1.807, 2.05) is 0 Å². The maximum absolute atomic E-state index is 12.5. The van der Waals surface area contributed by atoms with Crippen molar-refractivity contribution in [1.29, 1.82) is 0 Å². The molecule has 0 radical (unpaired) electrons. The lowest BCUT2D eigenvalue weighted by Gasteiger charge is -2.17. The van der Waals surface area contributed by atoms with E-state index >= 15 is 0 Å². The van der Waals surface area contributed by atoms with E-state index in [-0.39, 0.29) is 5.56 Å². The van der Waals surface area contributed by atoms with Crippen molar-refractivity contribution in [2.75, 3.05) is 0 Å². The Hall–Kier alpha value is -2.06. The largest absolute Gasteiger partial charge is 0.463 e. The molecular weight excluding hydrogens is 263 g/mol. The number of amides is 2. The Balaban J connectivity index is 2.81. The molecular formula is C9H5F5N2O2. The summed E-state index contributed by atoms with van der Waals surface area (Å²) in [7, 11) is 0. The fraction of sp³-hybridized carbons (Fsp3) is 0.222. The first-order valence-corrected chi connectivity index (χ1v) is 4.36. The predicted molar refractivity (Wildman–Crippen MR) is 47.7 cm³/mol. The van der Waals surface area contributed by atoms with Gasteiger partial charge in [-0.3, -0.25) is 19.9 Å². The highest BCUT2D eigenvalue weighted by Gasteiger charge is 2.63. The molecule has 0 aliphatic rings. The zero-order valence-electron chi connectivity index (χ0n) is 8.46. The van der Waals surface area contributed by atoms with E-state index in [4.69, 9.17) is 0 Å². The molecule has 18 heavy (non-hydrogen) atoms. The van der Waals surface area contributed by atoms with Gasteiger partial charge in [-0.25, -0.2) is 0 Å². The van der Waals surface area contributed by atoms with Crippen LogP contribution in [0.2, 0.25) is 0 Å². The number of hydrogen-bond acceptors (Lipinski definition) is 3. The number of carbonyl (C=O) groups is 2. The molecule has 0 spiro atoms. The molecule has 9 heteroatoms. The van der Waals surface area contributed by atoms with Gasteiger partial charge in [0.15, 0.2) is 0 Å². The summed E-state index contributed by atoms with van der Waals surface area (Å²) in [6.45, 7) is 0. The van der Waals surface area contributed by atoms with E-state index in [0.29, 0.717) is 0 Å². The fourth-order valence-electron chi connectivity index (χ4n) is 0.880. The Morgan fingerprint density at radius 1 is 1.17 bits per heavy atom. The fourth-order valence-corrected chi connectivity index (χ4v) is 0.880. The van der Waals surface area contributed by atoms with Crippen molar-refractivity contribution in [2.24, 2.45) is 0 Å². The molecule has 0 atom stereocenters. The Morgan fingerprint density at radius 3 is 2.22 bits per heavy atom. The molecule has 0 bridgehead atoms. The third-order valence-electron chi connectivity index (χ3n) is 1.79. The molecule has 1 aromatic rings. The van der Waals surface area contributed by atoms with Crippen molar-refractivity contribution in [2.45, 2.75) is 12.1 Å². The monoisotopic (exact) mass is 268 g/mol. The maximum atomic E-state index is 12.5. The van der Waals surface area contributed by atoms with Gasteiger partial charge in [-0.15, -0.1) is 0 Å². The summed E-state index contributed by atoms with van der Waals surface area (Å²) < 4.78 is 60.4. The Morgan fingerprint density at radius 2 is 1.78 bits per heavy atom. The molecule has 0 unspecified atom stereocenters. The molecule has 0 aliphatic heterocycles. The number of imide groups is 1. The number of alkyl halides is 5. The van der Waals surface area contributed by atoms with Crippen LogP contribution in [0.15, 0.2) is 24.5 Å². The van der Waals surface area contributed by atoms with Crippen LogP contribution in [0.5, 0.6) is 0 Å². The Labute approximate surface area is 96.8 Å². The minimum Gasteiger partial charge on any atom is -0.287 e. The maximum Gasteiger partial charge on any atom is 0.463 e. The molecule has 98 valence electrons.